The van der Waals surface area contributed by atoms with E-state index in [0.29, 0.717) is 17.7 Å². The summed E-state index contributed by atoms with van der Waals surface area (Å²) >= 11 is 6.23. The minimum atomic E-state index is -0.718. The number of esters is 1. The first kappa shape index (κ1) is 25.7. The predicted octanol–water partition coefficient (Wildman–Crippen LogP) is 4.97. The van der Waals surface area contributed by atoms with E-state index in [2.05, 4.69) is 5.32 Å². The minimum absolute atomic E-state index is 0.105. The summed E-state index contributed by atoms with van der Waals surface area (Å²) in [5, 5.41) is 2.60. The summed E-state index contributed by atoms with van der Waals surface area (Å²) in [6.07, 6.45) is 0.669. The molecule has 1 aliphatic rings. The second kappa shape index (κ2) is 11.1. The molecule has 188 valence electrons. The number of benzene rings is 3. The fourth-order valence-corrected chi connectivity index (χ4v) is 3.91. The summed E-state index contributed by atoms with van der Waals surface area (Å²) in [5.41, 5.74) is 1.97. The number of amides is 3. The highest BCUT2D eigenvalue weighted by Gasteiger charge is 2.39. The molecular weight excluding hydrogens is 494 g/mol. The van der Waals surface area contributed by atoms with E-state index in [4.69, 9.17) is 16.3 Å². The number of carbonyl (C=O) groups is 4. The van der Waals surface area contributed by atoms with Gasteiger partial charge < -0.3 is 15.0 Å². The van der Waals surface area contributed by atoms with Crippen molar-refractivity contribution in [2.75, 3.05) is 28.8 Å². The molecule has 8 nitrogen and oxygen atoms in total. The third-order valence-electron chi connectivity index (χ3n) is 5.65. The number of imide groups is 1. The summed E-state index contributed by atoms with van der Waals surface area (Å²) in [5.74, 6) is -2.14. The Balaban J connectivity index is 1.49. The molecule has 0 saturated heterocycles. The molecule has 1 heterocycles. The van der Waals surface area contributed by atoms with Crippen LogP contribution < -0.4 is 15.1 Å². The van der Waals surface area contributed by atoms with Crippen LogP contribution in [0.1, 0.15) is 34.1 Å². The van der Waals surface area contributed by atoms with Gasteiger partial charge in [-0.2, -0.15) is 0 Å². The van der Waals surface area contributed by atoms with Crippen molar-refractivity contribution < 1.29 is 23.9 Å². The van der Waals surface area contributed by atoms with Crippen LogP contribution in [0.15, 0.2) is 89.6 Å². The molecule has 0 atom stereocenters. The van der Waals surface area contributed by atoms with Crippen LogP contribution in [0, 0.1) is 0 Å². The quantitative estimate of drug-likeness (QED) is 0.335. The maximum Gasteiger partial charge on any atom is 0.338 e. The summed E-state index contributed by atoms with van der Waals surface area (Å²) in [6.45, 7) is 2.14. The van der Waals surface area contributed by atoms with Gasteiger partial charge in [-0.3, -0.25) is 14.4 Å². The van der Waals surface area contributed by atoms with Gasteiger partial charge in [-0.1, -0.05) is 42.8 Å². The summed E-state index contributed by atoms with van der Waals surface area (Å²) in [7, 11) is 1.68. The Kier molecular flexibility index (Phi) is 7.69. The van der Waals surface area contributed by atoms with Gasteiger partial charge in [-0.15, -0.1) is 0 Å². The molecule has 4 rings (SSSR count). The van der Waals surface area contributed by atoms with Gasteiger partial charge in [0.1, 0.15) is 10.7 Å². The van der Waals surface area contributed by atoms with Gasteiger partial charge in [0.15, 0.2) is 0 Å². The minimum Gasteiger partial charge on any atom is -0.462 e. The number of para-hydroxylation sites is 1. The van der Waals surface area contributed by atoms with Gasteiger partial charge in [0.25, 0.3) is 17.7 Å². The first-order chi connectivity index (χ1) is 17.8. The van der Waals surface area contributed by atoms with E-state index in [-0.39, 0.29) is 34.5 Å². The number of anilines is 3. The van der Waals surface area contributed by atoms with Crippen LogP contribution in [0.4, 0.5) is 17.1 Å². The highest BCUT2D eigenvalue weighted by molar-refractivity contribution is 6.53. The number of hydrogen-bond acceptors (Lipinski definition) is 6. The van der Waals surface area contributed by atoms with Crippen molar-refractivity contribution in [2.45, 2.75) is 13.3 Å². The van der Waals surface area contributed by atoms with Crippen LogP contribution in [-0.4, -0.2) is 37.3 Å². The normalized spacial score (nSPS) is 13.1. The molecule has 0 aromatic heterocycles. The van der Waals surface area contributed by atoms with Gasteiger partial charge >= 0.3 is 5.97 Å². The molecular formula is C28H24ClN3O5. The van der Waals surface area contributed by atoms with Crippen molar-refractivity contribution in [1.82, 2.24) is 0 Å². The molecule has 37 heavy (non-hydrogen) atoms. The van der Waals surface area contributed by atoms with Crippen molar-refractivity contribution in [3.63, 3.8) is 0 Å². The molecule has 9 heteroatoms. The molecule has 0 unspecified atom stereocenters. The standard InChI is InChI=1S/C28H24ClN3O5/c1-3-16-37-28(36)19-8-7-11-22(17-19)32-26(34)23(29)24(27(32)35)30-20-14-12-18(13-15-20)25(33)31(2)21-9-5-4-6-10-21/h4-15,17,30H,3,16H2,1-2H3. The monoisotopic (exact) mass is 517 g/mol. The second-order valence-electron chi connectivity index (χ2n) is 8.22. The van der Waals surface area contributed by atoms with Gasteiger partial charge in [0.05, 0.1) is 17.9 Å². The lowest BCUT2D eigenvalue weighted by atomic mass is 10.1. The Morgan fingerprint density at radius 3 is 2.30 bits per heavy atom. The highest BCUT2D eigenvalue weighted by Crippen LogP contribution is 2.31. The average molecular weight is 518 g/mol. The lowest BCUT2D eigenvalue weighted by Crippen LogP contribution is -2.32. The summed E-state index contributed by atoms with van der Waals surface area (Å²) in [4.78, 5) is 53.4. The number of halogens is 1. The Bertz CT molecular complexity index is 1390. The number of nitrogens with zero attached hydrogens (tertiary/aromatic N) is 2. The Labute approximate surface area is 219 Å². The largest absolute Gasteiger partial charge is 0.462 e. The fourth-order valence-electron chi connectivity index (χ4n) is 3.70. The molecule has 1 aliphatic heterocycles. The molecule has 3 aromatic rings. The third-order valence-corrected chi connectivity index (χ3v) is 6.00. The SMILES string of the molecule is CCCOC(=O)c1cccc(N2C(=O)C(Cl)=C(Nc3ccc(C(=O)N(C)c4ccccc4)cc3)C2=O)c1. The van der Waals surface area contributed by atoms with Crippen LogP contribution >= 0.6 is 11.6 Å². The van der Waals surface area contributed by atoms with Gasteiger partial charge in [-0.05, 0) is 61.0 Å². The smallest absolute Gasteiger partial charge is 0.338 e. The molecule has 3 amide bonds. The first-order valence-electron chi connectivity index (χ1n) is 11.6. The second-order valence-corrected chi connectivity index (χ2v) is 8.60. The zero-order valence-electron chi connectivity index (χ0n) is 20.2. The number of rotatable bonds is 8. The Morgan fingerprint density at radius 2 is 1.62 bits per heavy atom. The van der Waals surface area contributed by atoms with Gasteiger partial charge in [0.2, 0.25) is 0 Å². The molecule has 0 bridgehead atoms. The molecule has 0 saturated carbocycles. The maximum absolute atomic E-state index is 13.1. The van der Waals surface area contributed by atoms with E-state index >= 15 is 0 Å². The lowest BCUT2D eigenvalue weighted by molar-refractivity contribution is -0.120. The van der Waals surface area contributed by atoms with Crippen molar-refractivity contribution >= 4 is 52.4 Å². The van der Waals surface area contributed by atoms with Crippen molar-refractivity contribution in [3.8, 4) is 0 Å². The summed E-state index contributed by atoms with van der Waals surface area (Å²) < 4.78 is 5.13. The maximum atomic E-state index is 13.1. The first-order valence-corrected chi connectivity index (χ1v) is 12.0. The van der Waals surface area contributed by atoms with Crippen molar-refractivity contribution in [2.24, 2.45) is 0 Å². The van der Waals surface area contributed by atoms with Crippen LogP contribution in [0.25, 0.3) is 0 Å². The predicted molar refractivity (Wildman–Crippen MR) is 142 cm³/mol. The topological polar surface area (TPSA) is 96.0 Å². The van der Waals surface area contributed by atoms with Crippen LogP contribution in [0.2, 0.25) is 0 Å². The van der Waals surface area contributed by atoms with Gasteiger partial charge in [0, 0.05) is 24.0 Å². The molecule has 1 N–H and O–H groups in total. The van der Waals surface area contributed by atoms with Crippen molar-refractivity contribution in [1.29, 1.82) is 0 Å². The summed E-state index contributed by atoms with van der Waals surface area (Å²) in [6, 6.07) is 21.7. The molecule has 0 aliphatic carbocycles. The molecule has 3 aromatic carbocycles. The van der Waals surface area contributed by atoms with Crippen LogP contribution in [-0.2, 0) is 14.3 Å². The lowest BCUT2D eigenvalue weighted by Gasteiger charge is -2.18. The van der Waals surface area contributed by atoms with E-state index in [9.17, 15) is 19.2 Å². The van der Waals surface area contributed by atoms with Crippen LogP contribution in [0.5, 0.6) is 0 Å². The third kappa shape index (κ3) is 5.39. The van der Waals surface area contributed by atoms with E-state index < -0.39 is 17.8 Å². The van der Waals surface area contributed by atoms with E-state index in [1.165, 1.54) is 17.0 Å². The zero-order chi connectivity index (χ0) is 26.5. The Morgan fingerprint density at radius 1 is 0.919 bits per heavy atom. The number of ether oxygens (including phenoxy) is 1. The molecule has 0 spiro atoms. The number of nitrogens with one attached hydrogen (secondary N) is 1. The molecule has 0 radical (unpaired) electrons. The molecule has 0 fully saturated rings. The van der Waals surface area contributed by atoms with Crippen LogP contribution in [0.3, 0.4) is 0 Å². The van der Waals surface area contributed by atoms with E-state index in [1.54, 1.807) is 43.4 Å². The zero-order valence-corrected chi connectivity index (χ0v) is 21.0. The Hall–Kier alpha value is -4.43. The average Bonchev–Trinajstić information content (AvgIpc) is 3.14. The fraction of sp³-hybridized carbons (Fsp3) is 0.143. The number of hydrogen-bond donors (Lipinski definition) is 1. The van der Waals surface area contributed by atoms with Gasteiger partial charge in [-0.25, -0.2) is 9.69 Å². The van der Waals surface area contributed by atoms with E-state index in [1.807, 2.05) is 37.3 Å². The highest BCUT2D eigenvalue weighted by atomic mass is 35.5. The number of carbonyl (C=O) groups excluding carboxylic acids is 4. The van der Waals surface area contributed by atoms with E-state index in [0.717, 1.165) is 10.6 Å². The van der Waals surface area contributed by atoms with Crippen molar-refractivity contribution in [3.05, 3.63) is 101 Å².